The first-order chi connectivity index (χ1) is 12.7. The molecule has 3 rings (SSSR count). The van der Waals surface area contributed by atoms with Crippen molar-refractivity contribution in [3.63, 3.8) is 0 Å². The Morgan fingerprint density at radius 2 is 1.54 bits per heavy atom. The summed E-state index contributed by atoms with van der Waals surface area (Å²) in [6, 6.07) is 24.1. The zero-order chi connectivity index (χ0) is 18.2. The molecule has 0 bridgehead atoms. The molecule has 4 nitrogen and oxygen atoms in total. The molecular weight excluding hydrogens is 329 g/mol. The van der Waals surface area contributed by atoms with Crippen LogP contribution in [0, 0.1) is 5.82 Å². The van der Waals surface area contributed by atoms with Crippen LogP contribution in [0.4, 0.5) is 10.1 Å². The van der Waals surface area contributed by atoms with Gasteiger partial charge in [0.15, 0.2) is 0 Å². The van der Waals surface area contributed by atoms with Crippen molar-refractivity contribution in [2.75, 3.05) is 11.9 Å². The zero-order valence-corrected chi connectivity index (χ0v) is 14.0. The molecule has 2 N–H and O–H groups in total. The minimum atomic E-state index is -0.401. The number of amides is 1. The van der Waals surface area contributed by atoms with Gasteiger partial charge >= 0.3 is 0 Å². The minimum absolute atomic E-state index is 0.0643. The van der Waals surface area contributed by atoms with Gasteiger partial charge in [0.2, 0.25) is 0 Å². The summed E-state index contributed by atoms with van der Waals surface area (Å²) in [5, 5.41) is 6.65. The first kappa shape index (κ1) is 17.4. The standard InChI is InChI=1S/C21H18FN3O/c22-19-8-4-5-9-20(19)23-15-21(26)25-24-14-16-10-12-18(13-11-16)17-6-2-1-3-7-17/h1-14,23H,15H2,(H,25,26). The lowest BCUT2D eigenvalue weighted by Crippen LogP contribution is -2.26. The van der Waals surface area contributed by atoms with Crippen molar-refractivity contribution < 1.29 is 9.18 Å². The van der Waals surface area contributed by atoms with Crippen molar-refractivity contribution in [3.05, 3.63) is 90.2 Å². The van der Waals surface area contributed by atoms with Gasteiger partial charge in [0, 0.05) is 0 Å². The van der Waals surface area contributed by atoms with Crippen molar-refractivity contribution in [2.24, 2.45) is 5.10 Å². The highest BCUT2D eigenvalue weighted by molar-refractivity contribution is 5.84. The first-order valence-electron chi connectivity index (χ1n) is 8.18. The fourth-order valence-electron chi connectivity index (χ4n) is 2.39. The Labute approximate surface area is 151 Å². The number of hydrogen-bond acceptors (Lipinski definition) is 3. The Morgan fingerprint density at radius 1 is 0.885 bits per heavy atom. The highest BCUT2D eigenvalue weighted by Gasteiger charge is 2.03. The molecule has 130 valence electrons. The number of rotatable bonds is 6. The van der Waals surface area contributed by atoms with Crippen LogP contribution < -0.4 is 10.7 Å². The van der Waals surface area contributed by atoms with E-state index in [2.05, 4.69) is 15.8 Å². The maximum Gasteiger partial charge on any atom is 0.259 e. The minimum Gasteiger partial charge on any atom is -0.374 e. The molecule has 0 spiro atoms. The summed E-state index contributed by atoms with van der Waals surface area (Å²) < 4.78 is 13.4. The molecule has 1 amide bonds. The van der Waals surface area contributed by atoms with Crippen molar-refractivity contribution in [1.29, 1.82) is 0 Å². The molecule has 0 saturated heterocycles. The van der Waals surface area contributed by atoms with Gasteiger partial charge in [-0.25, -0.2) is 9.82 Å². The summed E-state index contributed by atoms with van der Waals surface area (Å²) in [4.78, 5) is 11.7. The van der Waals surface area contributed by atoms with Gasteiger partial charge in [0.05, 0.1) is 18.4 Å². The van der Waals surface area contributed by atoms with E-state index in [1.807, 2.05) is 54.6 Å². The fourth-order valence-corrected chi connectivity index (χ4v) is 2.39. The molecule has 0 aliphatic rings. The van der Waals surface area contributed by atoms with Gasteiger partial charge in [-0.1, -0.05) is 66.7 Å². The average Bonchev–Trinajstić information content (AvgIpc) is 2.69. The third kappa shape index (κ3) is 4.77. The second kappa shape index (κ2) is 8.58. The van der Waals surface area contributed by atoms with E-state index in [-0.39, 0.29) is 18.1 Å². The molecule has 0 unspecified atom stereocenters. The normalized spacial score (nSPS) is 10.7. The molecule has 0 aliphatic heterocycles. The molecule has 0 radical (unpaired) electrons. The van der Waals surface area contributed by atoms with E-state index in [0.717, 1.165) is 16.7 Å². The molecule has 0 fully saturated rings. The predicted molar refractivity (Wildman–Crippen MR) is 103 cm³/mol. The van der Waals surface area contributed by atoms with Crippen LogP contribution in [-0.2, 0) is 4.79 Å². The van der Waals surface area contributed by atoms with Crippen LogP contribution in [0.3, 0.4) is 0 Å². The summed E-state index contributed by atoms with van der Waals surface area (Å²) in [7, 11) is 0. The number of benzene rings is 3. The van der Waals surface area contributed by atoms with Crippen molar-refractivity contribution >= 4 is 17.8 Å². The van der Waals surface area contributed by atoms with Crippen LogP contribution in [0.2, 0.25) is 0 Å². The Morgan fingerprint density at radius 3 is 2.27 bits per heavy atom. The fraction of sp³-hybridized carbons (Fsp3) is 0.0476. The van der Waals surface area contributed by atoms with Gasteiger partial charge < -0.3 is 5.32 Å². The molecule has 0 aromatic heterocycles. The van der Waals surface area contributed by atoms with Gasteiger partial charge in [0.25, 0.3) is 5.91 Å². The number of nitrogens with zero attached hydrogens (tertiary/aromatic N) is 1. The Kier molecular flexibility index (Phi) is 5.72. The molecular formula is C21H18FN3O. The number of halogens is 1. The lowest BCUT2D eigenvalue weighted by Gasteiger charge is -2.06. The zero-order valence-electron chi connectivity index (χ0n) is 14.0. The van der Waals surface area contributed by atoms with E-state index in [4.69, 9.17) is 0 Å². The topological polar surface area (TPSA) is 53.5 Å². The second-order valence-corrected chi connectivity index (χ2v) is 5.61. The van der Waals surface area contributed by atoms with Gasteiger partial charge in [-0.2, -0.15) is 5.10 Å². The quantitative estimate of drug-likeness (QED) is 0.522. The lowest BCUT2D eigenvalue weighted by atomic mass is 10.0. The number of hydrogen-bond donors (Lipinski definition) is 2. The molecule has 0 aliphatic carbocycles. The van der Waals surface area contributed by atoms with Gasteiger partial charge in [-0.05, 0) is 28.8 Å². The summed E-state index contributed by atoms with van der Waals surface area (Å²) in [5.74, 6) is -0.757. The van der Waals surface area contributed by atoms with E-state index in [9.17, 15) is 9.18 Å². The van der Waals surface area contributed by atoms with Gasteiger partial charge in [-0.3, -0.25) is 4.79 Å². The first-order valence-corrected chi connectivity index (χ1v) is 8.18. The van der Waals surface area contributed by atoms with Crippen molar-refractivity contribution in [3.8, 4) is 11.1 Å². The number of hydrazone groups is 1. The number of para-hydroxylation sites is 1. The molecule has 5 heteroatoms. The van der Waals surface area contributed by atoms with E-state index in [1.54, 1.807) is 24.4 Å². The van der Waals surface area contributed by atoms with E-state index >= 15 is 0 Å². The molecule has 26 heavy (non-hydrogen) atoms. The number of nitrogens with one attached hydrogen (secondary N) is 2. The molecule has 3 aromatic carbocycles. The molecule has 3 aromatic rings. The summed E-state index contributed by atoms with van der Waals surface area (Å²) in [5.41, 5.74) is 5.82. The Balaban J connectivity index is 1.50. The van der Waals surface area contributed by atoms with Crippen LogP contribution in [0.15, 0.2) is 84.0 Å². The van der Waals surface area contributed by atoms with Crippen LogP contribution in [0.25, 0.3) is 11.1 Å². The highest BCUT2D eigenvalue weighted by Crippen LogP contribution is 2.18. The monoisotopic (exact) mass is 347 g/mol. The molecule has 0 heterocycles. The third-order valence-corrected chi connectivity index (χ3v) is 3.73. The van der Waals surface area contributed by atoms with Crippen molar-refractivity contribution in [2.45, 2.75) is 0 Å². The molecule has 0 atom stereocenters. The molecule has 0 saturated carbocycles. The van der Waals surface area contributed by atoms with Crippen LogP contribution in [0.5, 0.6) is 0 Å². The average molecular weight is 347 g/mol. The van der Waals surface area contributed by atoms with Crippen LogP contribution >= 0.6 is 0 Å². The Hall–Kier alpha value is -3.47. The highest BCUT2D eigenvalue weighted by atomic mass is 19.1. The van der Waals surface area contributed by atoms with E-state index in [0.29, 0.717) is 0 Å². The summed E-state index contributed by atoms with van der Waals surface area (Å²) in [6.07, 6.45) is 1.57. The van der Waals surface area contributed by atoms with Gasteiger partial charge in [0.1, 0.15) is 5.82 Å². The maximum atomic E-state index is 13.4. The SMILES string of the molecule is O=C(CNc1ccccc1F)NN=Cc1ccc(-c2ccccc2)cc1. The summed E-state index contributed by atoms with van der Waals surface area (Å²) in [6.45, 7) is -0.0643. The van der Waals surface area contributed by atoms with E-state index < -0.39 is 5.82 Å². The smallest absolute Gasteiger partial charge is 0.259 e. The maximum absolute atomic E-state index is 13.4. The number of carbonyl (C=O) groups is 1. The van der Waals surface area contributed by atoms with Crippen LogP contribution in [0.1, 0.15) is 5.56 Å². The number of carbonyl (C=O) groups excluding carboxylic acids is 1. The second-order valence-electron chi connectivity index (χ2n) is 5.61. The van der Waals surface area contributed by atoms with Crippen LogP contribution in [-0.4, -0.2) is 18.7 Å². The lowest BCUT2D eigenvalue weighted by molar-refractivity contribution is -0.119. The van der Waals surface area contributed by atoms with Crippen molar-refractivity contribution in [1.82, 2.24) is 5.43 Å². The third-order valence-electron chi connectivity index (χ3n) is 3.73. The Bertz CT molecular complexity index is 893. The summed E-state index contributed by atoms with van der Waals surface area (Å²) >= 11 is 0. The largest absolute Gasteiger partial charge is 0.374 e. The predicted octanol–water partition coefficient (Wildman–Crippen LogP) is 4.05. The van der Waals surface area contributed by atoms with E-state index in [1.165, 1.54) is 6.07 Å². The number of anilines is 1. The van der Waals surface area contributed by atoms with Gasteiger partial charge in [-0.15, -0.1) is 0 Å².